The summed E-state index contributed by atoms with van der Waals surface area (Å²) in [7, 11) is -2.11. The molecule has 0 bridgehead atoms. The first-order valence-electron chi connectivity index (χ1n) is 5.80. The number of aryl methyl sites for hydroxylation is 1. The predicted octanol–water partition coefficient (Wildman–Crippen LogP) is 1.34. The molecule has 0 radical (unpaired) electrons. The summed E-state index contributed by atoms with van der Waals surface area (Å²) in [5.74, 6) is 0. The molecule has 0 unspecified atom stereocenters. The van der Waals surface area contributed by atoms with Crippen molar-refractivity contribution in [3.8, 4) is 0 Å². The van der Waals surface area contributed by atoms with Crippen LogP contribution in [0.5, 0.6) is 0 Å². The van der Waals surface area contributed by atoms with Crippen LogP contribution in [0.3, 0.4) is 0 Å². The molecule has 2 rings (SSSR count). The van der Waals surface area contributed by atoms with Gasteiger partial charge in [0, 0.05) is 13.7 Å². The Kier molecular flexibility index (Phi) is 4.01. The van der Waals surface area contributed by atoms with E-state index in [1.165, 1.54) is 5.06 Å². The van der Waals surface area contributed by atoms with Gasteiger partial charge in [-0.05, 0) is 25.5 Å². The molecule has 1 aliphatic heterocycles. The first kappa shape index (κ1) is 13.5. The summed E-state index contributed by atoms with van der Waals surface area (Å²) < 4.78 is 34.2. The highest BCUT2D eigenvalue weighted by molar-refractivity contribution is 7.86. The van der Waals surface area contributed by atoms with E-state index in [0.717, 1.165) is 12.0 Å². The summed E-state index contributed by atoms with van der Waals surface area (Å²) in [5, 5.41) is 1.43. The Balaban J connectivity index is 2.06. The molecular formula is C12H17NO4S. The minimum Gasteiger partial charge on any atom is -0.380 e. The molecule has 1 aliphatic rings. The van der Waals surface area contributed by atoms with Crippen LogP contribution >= 0.6 is 0 Å². The van der Waals surface area contributed by atoms with Gasteiger partial charge in [-0.2, -0.15) is 17.8 Å². The third-order valence-corrected chi connectivity index (χ3v) is 4.21. The van der Waals surface area contributed by atoms with Gasteiger partial charge in [0.15, 0.2) is 0 Å². The average molecular weight is 271 g/mol. The fraction of sp³-hybridized carbons (Fsp3) is 0.500. The first-order valence-corrected chi connectivity index (χ1v) is 7.21. The van der Waals surface area contributed by atoms with Crippen molar-refractivity contribution in [2.24, 2.45) is 0 Å². The second-order valence-corrected chi connectivity index (χ2v) is 5.90. The van der Waals surface area contributed by atoms with E-state index in [9.17, 15) is 8.42 Å². The molecule has 1 saturated heterocycles. The molecule has 1 atom stereocenters. The first-order chi connectivity index (χ1) is 8.51. The van der Waals surface area contributed by atoms with Crippen molar-refractivity contribution in [1.82, 2.24) is 5.06 Å². The van der Waals surface area contributed by atoms with E-state index in [1.807, 2.05) is 6.92 Å². The van der Waals surface area contributed by atoms with Gasteiger partial charge in [-0.1, -0.05) is 17.7 Å². The Morgan fingerprint density at radius 3 is 2.50 bits per heavy atom. The number of ether oxygens (including phenoxy) is 1. The number of benzene rings is 1. The number of hydroxylamine groups is 2. The highest BCUT2D eigenvalue weighted by atomic mass is 32.2. The molecule has 5 nitrogen and oxygen atoms in total. The van der Waals surface area contributed by atoms with Crippen molar-refractivity contribution in [3.05, 3.63) is 29.8 Å². The molecule has 0 saturated carbocycles. The van der Waals surface area contributed by atoms with Gasteiger partial charge >= 0.3 is 10.1 Å². The van der Waals surface area contributed by atoms with Crippen LogP contribution in [-0.2, 0) is 19.1 Å². The van der Waals surface area contributed by atoms with Gasteiger partial charge in [-0.25, -0.2) is 0 Å². The third-order valence-electron chi connectivity index (χ3n) is 2.95. The van der Waals surface area contributed by atoms with Crippen LogP contribution in [0.25, 0.3) is 0 Å². The minimum absolute atomic E-state index is 0.0400. The molecule has 0 amide bonds. The lowest BCUT2D eigenvalue weighted by Gasteiger charge is -2.15. The summed E-state index contributed by atoms with van der Waals surface area (Å²) in [4.78, 5) is 0.175. The standard InChI is InChI=1S/C12H17NO4S/c1-10-3-5-12(6-4-10)18(14,15)17-13-8-7-11(9-13)16-2/h3-6,11H,7-9H2,1-2H3/t11-/m0/s1. The number of hydrogen-bond donors (Lipinski definition) is 0. The molecule has 1 heterocycles. The van der Waals surface area contributed by atoms with Crippen LogP contribution in [0.2, 0.25) is 0 Å². The van der Waals surface area contributed by atoms with Crippen LogP contribution in [-0.4, -0.2) is 39.8 Å². The zero-order valence-corrected chi connectivity index (χ0v) is 11.3. The lowest BCUT2D eigenvalue weighted by Crippen LogP contribution is -2.26. The summed E-state index contributed by atoms with van der Waals surface area (Å²) >= 11 is 0. The zero-order valence-electron chi connectivity index (χ0n) is 10.5. The number of nitrogens with zero attached hydrogens (tertiary/aromatic N) is 1. The average Bonchev–Trinajstić information content (AvgIpc) is 2.76. The lowest BCUT2D eigenvalue weighted by atomic mass is 10.2. The molecule has 0 spiro atoms. The third kappa shape index (κ3) is 3.08. The molecule has 1 aromatic carbocycles. The number of methoxy groups -OCH3 is 1. The summed E-state index contributed by atoms with van der Waals surface area (Å²) in [6.45, 7) is 2.94. The van der Waals surface area contributed by atoms with E-state index >= 15 is 0 Å². The van der Waals surface area contributed by atoms with Gasteiger partial charge < -0.3 is 4.74 Å². The molecule has 0 aliphatic carbocycles. The van der Waals surface area contributed by atoms with Crippen molar-refractivity contribution in [2.75, 3.05) is 20.2 Å². The molecule has 6 heteroatoms. The van der Waals surface area contributed by atoms with E-state index in [4.69, 9.17) is 9.02 Å². The highest BCUT2D eigenvalue weighted by Crippen LogP contribution is 2.19. The van der Waals surface area contributed by atoms with Crippen molar-refractivity contribution >= 4 is 10.1 Å². The van der Waals surface area contributed by atoms with Gasteiger partial charge in [-0.15, -0.1) is 0 Å². The SMILES string of the molecule is CO[C@H]1CCN(OS(=O)(=O)c2ccc(C)cc2)C1. The van der Waals surface area contributed by atoms with Crippen molar-refractivity contribution < 1.29 is 17.4 Å². The molecule has 100 valence electrons. The van der Waals surface area contributed by atoms with Crippen molar-refractivity contribution in [1.29, 1.82) is 0 Å². The van der Waals surface area contributed by atoms with Crippen LogP contribution in [0, 0.1) is 6.92 Å². The lowest BCUT2D eigenvalue weighted by molar-refractivity contribution is -0.0408. The van der Waals surface area contributed by atoms with E-state index in [-0.39, 0.29) is 11.0 Å². The smallest absolute Gasteiger partial charge is 0.313 e. The maximum Gasteiger partial charge on any atom is 0.313 e. The second kappa shape index (κ2) is 5.36. The molecule has 18 heavy (non-hydrogen) atoms. The molecular weight excluding hydrogens is 254 g/mol. The van der Waals surface area contributed by atoms with E-state index in [2.05, 4.69) is 0 Å². The Labute approximate surface area is 107 Å². The minimum atomic E-state index is -3.72. The Morgan fingerprint density at radius 2 is 1.94 bits per heavy atom. The van der Waals surface area contributed by atoms with Gasteiger partial charge in [0.2, 0.25) is 0 Å². The van der Waals surface area contributed by atoms with Crippen LogP contribution in [0.1, 0.15) is 12.0 Å². The fourth-order valence-electron chi connectivity index (χ4n) is 1.84. The van der Waals surface area contributed by atoms with Crippen molar-refractivity contribution in [3.63, 3.8) is 0 Å². The Bertz CT molecular complexity index is 497. The zero-order chi connectivity index (χ0) is 13.2. The number of rotatable bonds is 4. The van der Waals surface area contributed by atoms with Gasteiger partial charge in [0.1, 0.15) is 0 Å². The molecule has 0 N–H and O–H groups in total. The van der Waals surface area contributed by atoms with Gasteiger partial charge in [-0.3, -0.25) is 0 Å². The summed E-state index contributed by atoms with van der Waals surface area (Å²) in [5.41, 5.74) is 1.01. The van der Waals surface area contributed by atoms with E-state index in [0.29, 0.717) is 13.1 Å². The fourth-order valence-corrected chi connectivity index (χ4v) is 2.81. The largest absolute Gasteiger partial charge is 0.380 e. The Hall–Kier alpha value is -0.950. The molecule has 1 fully saturated rings. The van der Waals surface area contributed by atoms with Crippen LogP contribution in [0.4, 0.5) is 0 Å². The predicted molar refractivity (Wildman–Crippen MR) is 66.4 cm³/mol. The molecule has 0 aromatic heterocycles. The van der Waals surface area contributed by atoms with E-state index in [1.54, 1.807) is 31.4 Å². The summed E-state index contributed by atoms with van der Waals surface area (Å²) in [6, 6.07) is 6.60. The number of hydrogen-bond acceptors (Lipinski definition) is 5. The topological polar surface area (TPSA) is 55.8 Å². The van der Waals surface area contributed by atoms with Gasteiger partial charge in [0.05, 0.1) is 17.5 Å². The monoisotopic (exact) mass is 271 g/mol. The van der Waals surface area contributed by atoms with Crippen molar-refractivity contribution in [2.45, 2.75) is 24.3 Å². The highest BCUT2D eigenvalue weighted by Gasteiger charge is 2.28. The Morgan fingerprint density at radius 1 is 1.28 bits per heavy atom. The molecule has 1 aromatic rings. The maximum absolute atomic E-state index is 12.0. The quantitative estimate of drug-likeness (QED) is 0.827. The van der Waals surface area contributed by atoms with E-state index < -0.39 is 10.1 Å². The normalized spacial score (nSPS) is 21.3. The van der Waals surface area contributed by atoms with Gasteiger partial charge in [0.25, 0.3) is 0 Å². The summed E-state index contributed by atoms with van der Waals surface area (Å²) in [6.07, 6.45) is 0.818. The maximum atomic E-state index is 12.0. The van der Waals surface area contributed by atoms with Crippen LogP contribution < -0.4 is 0 Å². The second-order valence-electron chi connectivity index (χ2n) is 4.38. The van der Waals surface area contributed by atoms with Crippen LogP contribution in [0.15, 0.2) is 29.2 Å².